The van der Waals surface area contributed by atoms with Crippen molar-refractivity contribution in [1.82, 2.24) is 14.8 Å². The summed E-state index contributed by atoms with van der Waals surface area (Å²) < 4.78 is 5.97. The van der Waals surface area contributed by atoms with E-state index in [1.54, 1.807) is 12.1 Å². The Morgan fingerprint density at radius 3 is 2.83 bits per heavy atom. The molecule has 0 unspecified atom stereocenters. The average molecular weight is 262 g/mol. The molecule has 2 rings (SSSR count). The van der Waals surface area contributed by atoms with E-state index in [2.05, 4.69) is 14.8 Å². The fourth-order valence-corrected chi connectivity index (χ4v) is 1.62. The van der Waals surface area contributed by atoms with Crippen LogP contribution in [-0.2, 0) is 4.74 Å². The van der Waals surface area contributed by atoms with Crippen LogP contribution in [0.4, 0.5) is 0 Å². The van der Waals surface area contributed by atoms with E-state index in [0.29, 0.717) is 11.3 Å². The lowest BCUT2D eigenvalue weighted by molar-refractivity contribution is 0.0587. The Bertz CT molecular complexity index is 609. The van der Waals surface area contributed by atoms with Crippen LogP contribution in [0.25, 0.3) is 5.69 Å². The van der Waals surface area contributed by atoms with Crippen molar-refractivity contribution in [3.05, 3.63) is 42.0 Å². The van der Waals surface area contributed by atoms with Gasteiger partial charge in [-0.1, -0.05) is 24.4 Å². The number of hydrogen-bond donors (Lipinski definition) is 1. The topological polar surface area (TPSA) is 83.0 Å². The number of aromatic nitrogens is 3. The van der Waals surface area contributed by atoms with E-state index in [1.165, 1.54) is 18.1 Å². The van der Waals surface area contributed by atoms with Crippen LogP contribution in [0.1, 0.15) is 16.2 Å². The van der Waals surface area contributed by atoms with E-state index in [9.17, 15) is 4.79 Å². The molecule has 0 fully saturated rings. The summed E-state index contributed by atoms with van der Waals surface area (Å²) in [7, 11) is 1.27. The number of nitrogens with zero attached hydrogens (tertiary/aromatic N) is 3. The minimum absolute atomic E-state index is 0.0183. The summed E-state index contributed by atoms with van der Waals surface area (Å²) in [6.07, 6.45) is 1.41. The Kier molecular flexibility index (Phi) is 3.33. The van der Waals surface area contributed by atoms with Crippen molar-refractivity contribution in [3.8, 4) is 5.69 Å². The molecule has 0 radical (unpaired) electrons. The monoisotopic (exact) mass is 262 g/mol. The molecule has 0 amide bonds. The van der Waals surface area contributed by atoms with E-state index in [4.69, 9.17) is 18.0 Å². The lowest BCUT2D eigenvalue weighted by Gasteiger charge is -2.06. The zero-order chi connectivity index (χ0) is 13.1. The molecule has 1 aromatic heterocycles. The molecule has 1 aromatic carbocycles. The largest absolute Gasteiger partial charge is 0.463 e. The van der Waals surface area contributed by atoms with Gasteiger partial charge < -0.3 is 10.5 Å². The van der Waals surface area contributed by atoms with Crippen LogP contribution in [0, 0.1) is 0 Å². The van der Waals surface area contributed by atoms with E-state index < -0.39 is 5.97 Å². The van der Waals surface area contributed by atoms with Gasteiger partial charge in [-0.2, -0.15) is 0 Å². The van der Waals surface area contributed by atoms with Gasteiger partial charge in [0.15, 0.2) is 0 Å². The highest BCUT2D eigenvalue weighted by molar-refractivity contribution is 7.80. The first-order valence-corrected chi connectivity index (χ1v) is 5.43. The van der Waals surface area contributed by atoms with Gasteiger partial charge in [0, 0.05) is 5.56 Å². The number of ether oxygens (including phenoxy) is 1. The Morgan fingerprint density at radius 2 is 2.17 bits per heavy atom. The van der Waals surface area contributed by atoms with Gasteiger partial charge in [0.25, 0.3) is 5.82 Å². The highest BCUT2D eigenvalue weighted by Crippen LogP contribution is 2.13. The zero-order valence-corrected chi connectivity index (χ0v) is 10.3. The van der Waals surface area contributed by atoms with Gasteiger partial charge >= 0.3 is 5.97 Å². The number of carbonyl (C=O) groups is 1. The predicted molar refractivity (Wildman–Crippen MR) is 68.6 cm³/mol. The SMILES string of the molecule is COC(=O)c1ncn(-c2ccccc2C(N)=S)n1. The smallest absolute Gasteiger partial charge is 0.377 e. The highest BCUT2D eigenvalue weighted by Gasteiger charge is 2.14. The van der Waals surface area contributed by atoms with Crippen LogP contribution in [0.3, 0.4) is 0 Å². The number of hydrogen-bond acceptors (Lipinski definition) is 5. The van der Waals surface area contributed by atoms with E-state index in [-0.39, 0.29) is 10.8 Å². The van der Waals surface area contributed by atoms with Gasteiger partial charge in [-0.25, -0.2) is 14.5 Å². The third-order valence-corrected chi connectivity index (χ3v) is 2.50. The summed E-state index contributed by atoms with van der Waals surface area (Å²) in [5.74, 6) is -0.614. The van der Waals surface area contributed by atoms with Gasteiger partial charge in [0.05, 0.1) is 12.8 Å². The van der Waals surface area contributed by atoms with E-state index >= 15 is 0 Å². The zero-order valence-electron chi connectivity index (χ0n) is 9.53. The van der Waals surface area contributed by atoms with Gasteiger partial charge in [0.1, 0.15) is 11.3 Å². The third-order valence-electron chi connectivity index (χ3n) is 2.28. The van der Waals surface area contributed by atoms with Crippen LogP contribution in [0.15, 0.2) is 30.6 Å². The van der Waals surface area contributed by atoms with Crippen molar-refractivity contribution in [2.45, 2.75) is 0 Å². The number of carbonyl (C=O) groups excluding carboxylic acids is 1. The Hall–Kier alpha value is -2.28. The number of methoxy groups -OCH3 is 1. The highest BCUT2D eigenvalue weighted by atomic mass is 32.1. The quantitative estimate of drug-likeness (QED) is 0.647. The molecular weight excluding hydrogens is 252 g/mol. The molecule has 6 nitrogen and oxygen atoms in total. The molecule has 18 heavy (non-hydrogen) atoms. The molecule has 2 N–H and O–H groups in total. The molecule has 0 aliphatic carbocycles. The Labute approximate surface area is 108 Å². The molecule has 0 saturated carbocycles. The molecule has 0 saturated heterocycles. The molecule has 0 aliphatic heterocycles. The second-order valence-corrected chi connectivity index (χ2v) is 3.83. The number of rotatable bonds is 3. The maximum absolute atomic E-state index is 11.3. The number of benzene rings is 1. The van der Waals surface area contributed by atoms with Gasteiger partial charge in [-0.15, -0.1) is 5.10 Å². The summed E-state index contributed by atoms with van der Waals surface area (Å²) in [5.41, 5.74) is 6.94. The predicted octanol–water partition coefficient (Wildman–Crippen LogP) is 0.688. The first kappa shape index (κ1) is 12.2. The molecule has 2 aromatic rings. The first-order chi connectivity index (χ1) is 8.63. The maximum atomic E-state index is 11.3. The molecular formula is C11H10N4O2S. The van der Waals surface area contributed by atoms with Crippen molar-refractivity contribution in [3.63, 3.8) is 0 Å². The second-order valence-electron chi connectivity index (χ2n) is 3.39. The first-order valence-electron chi connectivity index (χ1n) is 5.02. The number of para-hydroxylation sites is 1. The van der Waals surface area contributed by atoms with Gasteiger partial charge in [-0.05, 0) is 12.1 Å². The van der Waals surface area contributed by atoms with Crippen LogP contribution in [-0.4, -0.2) is 32.8 Å². The average Bonchev–Trinajstić information content (AvgIpc) is 2.87. The summed E-state index contributed by atoms with van der Waals surface area (Å²) in [6, 6.07) is 7.19. The van der Waals surface area contributed by atoms with Crippen LogP contribution in [0.5, 0.6) is 0 Å². The standard InChI is InChI=1S/C11H10N4O2S/c1-17-11(16)10-13-6-15(14-10)8-5-3-2-4-7(8)9(12)18/h2-6H,1H3,(H2,12,18). The number of nitrogens with two attached hydrogens (primary N) is 1. The molecule has 1 heterocycles. The van der Waals surface area contributed by atoms with Crippen molar-refractivity contribution in [1.29, 1.82) is 0 Å². The van der Waals surface area contributed by atoms with Crippen molar-refractivity contribution >= 4 is 23.2 Å². The fraction of sp³-hybridized carbons (Fsp3) is 0.0909. The number of esters is 1. The molecule has 0 spiro atoms. The van der Waals surface area contributed by atoms with E-state index in [0.717, 1.165) is 0 Å². The normalized spacial score (nSPS) is 10.1. The third kappa shape index (κ3) is 2.21. The Morgan fingerprint density at radius 1 is 1.44 bits per heavy atom. The van der Waals surface area contributed by atoms with Crippen molar-refractivity contribution in [2.24, 2.45) is 5.73 Å². The van der Waals surface area contributed by atoms with Gasteiger partial charge in [-0.3, -0.25) is 0 Å². The minimum atomic E-state index is -0.596. The lowest BCUT2D eigenvalue weighted by atomic mass is 10.2. The lowest BCUT2D eigenvalue weighted by Crippen LogP contribution is -2.14. The Balaban J connectivity index is 2.46. The number of thiocarbonyl (C=S) groups is 1. The summed E-state index contributed by atoms with van der Waals surface area (Å²) in [5, 5.41) is 4.01. The fourth-order valence-electron chi connectivity index (χ4n) is 1.45. The minimum Gasteiger partial charge on any atom is -0.463 e. The van der Waals surface area contributed by atoms with E-state index in [1.807, 2.05) is 12.1 Å². The van der Waals surface area contributed by atoms with Crippen LogP contribution >= 0.6 is 12.2 Å². The van der Waals surface area contributed by atoms with Crippen LogP contribution < -0.4 is 5.73 Å². The summed E-state index contributed by atoms with van der Waals surface area (Å²) in [4.78, 5) is 15.4. The van der Waals surface area contributed by atoms with Crippen molar-refractivity contribution < 1.29 is 9.53 Å². The second kappa shape index (κ2) is 4.92. The maximum Gasteiger partial charge on any atom is 0.377 e. The molecule has 0 bridgehead atoms. The molecule has 0 aliphatic rings. The van der Waals surface area contributed by atoms with Gasteiger partial charge in [0.2, 0.25) is 0 Å². The summed E-state index contributed by atoms with van der Waals surface area (Å²) >= 11 is 4.96. The summed E-state index contributed by atoms with van der Waals surface area (Å²) in [6.45, 7) is 0. The molecule has 0 atom stereocenters. The van der Waals surface area contributed by atoms with Crippen molar-refractivity contribution in [2.75, 3.05) is 7.11 Å². The molecule has 92 valence electrons. The van der Waals surface area contributed by atoms with Crippen LogP contribution in [0.2, 0.25) is 0 Å². The molecule has 7 heteroatoms.